The van der Waals surface area contributed by atoms with Gasteiger partial charge in [-0.25, -0.2) is 0 Å². The third-order valence-corrected chi connectivity index (χ3v) is 3.37. The van der Waals surface area contributed by atoms with Crippen molar-refractivity contribution in [2.75, 3.05) is 13.2 Å². The van der Waals surface area contributed by atoms with Crippen molar-refractivity contribution >= 4 is 18.0 Å². The first kappa shape index (κ1) is 19.3. The number of ether oxygens (including phenoxy) is 1. The Morgan fingerprint density at radius 2 is 1.60 bits per heavy atom. The molecule has 0 aliphatic heterocycles. The van der Waals surface area contributed by atoms with Crippen LogP contribution in [-0.2, 0) is 13.7 Å². The van der Waals surface area contributed by atoms with Gasteiger partial charge in [-0.3, -0.25) is 8.98 Å². The number of hydrogen-bond acceptors (Lipinski definition) is 5. The number of carbonyl (C=O) groups excluding carboxylic acids is 1. The molecule has 0 radical (unpaired) electrons. The van der Waals surface area contributed by atoms with Crippen molar-refractivity contribution in [1.29, 1.82) is 5.26 Å². The second-order valence-electron chi connectivity index (χ2n) is 4.80. The van der Waals surface area contributed by atoms with Crippen LogP contribution in [0.3, 0.4) is 0 Å². The van der Waals surface area contributed by atoms with Crippen molar-refractivity contribution in [3.8, 4) is 5.40 Å². The van der Waals surface area contributed by atoms with Crippen LogP contribution in [0.15, 0.2) is 0 Å². The van der Waals surface area contributed by atoms with Gasteiger partial charge in [-0.15, -0.1) is 0 Å². The molecule has 0 saturated heterocycles. The Morgan fingerprint density at radius 1 is 1.00 bits per heavy atom. The highest BCUT2D eigenvalue weighted by Crippen LogP contribution is 2.10. The maximum atomic E-state index is 11.3. The molecule has 0 aromatic carbocycles. The average Bonchev–Trinajstić information content (AvgIpc) is 2.45. The number of nitrogens with zero attached hydrogens (tertiary/aromatic N) is 1. The molecule has 20 heavy (non-hydrogen) atoms. The molecule has 0 fully saturated rings. The van der Waals surface area contributed by atoms with Crippen LogP contribution in [0.2, 0.25) is 0 Å². The Kier molecular flexibility index (Phi) is 15.7. The first-order valence-electron chi connectivity index (χ1n) is 7.64. The number of nitriles is 1. The molecule has 0 unspecified atom stereocenters. The lowest BCUT2D eigenvalue weighted by molar-refractivity contribution is -0.144. The van der Waals surface area contributed by atoms with E-state index in [-0.39, 0.29) is 19.2 Å². The molecule has 0 aromatic rings. The van der Waals surface area contributed by atoms with E-state index in [2.05, 4.69) is 6.92 Å². The third kappa shape index (κ3) is 15.3. The molecule has 0 rings (SSSR count). The summed E-state index contributed by atoms with van der Waals surface area (Å²) in [6.45, 7) is 2.72. The fourth-order valence-electron chi connectivity index (χ4n) is 1.91. The van der Waals surface area contributed by atoms with Gasteiger partial charge in [0.15, 0.2) is 5.40 Å². The second-order valence-corrected chi connectivity index (χ2v) is 5.38. The summed E-state index contributed by atoms with van der Waals surface area (Å²) in [4.78, 5) is 11.3. The molecule has 0 aromatic heterocycles. The van der Waals surface area contributed by atoms with Crippen LogP contribution in [0.25, 0.3) is 0 Å². The number of thiocyanates is 1. The lowest BCUT2D eigenvalue weighted by Crippen LogP contribution is -2.08. The molecule has 5 heteroatoms. The second kappa shape index (κ2) is 16.3. The van der Waals surface area contributed by atoms with Gasteiger partial charge in [0.1, 0.15) is 18.6 Å². The maximum absolute atomic E-state index is 11.3. The molecule has 0 aliphatic carbocycles. The molecule has 0 N–H and O–H groups in total. The highest BCUT2D eigenvalue weighted by atomic mass is 32.2. The van der Waals surface area contributed by atoms with Gasteiger partial charge >= 0.3 is 5.97 Å². The maximum Gasteiger partial charge on any atom is 0.305 e. The van der Waals surface area contributed by atoms with Crippen LogP contribution in [-0.4, -0.2) is 19.2 Å². The number of rotatable bonds is 14. The fraction of sp³-hybridized carbons (Fsp3) is 0.867. The van der Waals surface area contributed by atoms with E-state index in [9.17, 15) is 4.79 Å². The van der Waals surface area contributed by atoms with Crippen LogP contribution in [0.5, 0.6) is 0 Å². The van der Waals surface area contributed by atoms with Crippen molar-refractivity contribution < 1.29 is 13.7 Å². The summed E-state index contributed by atoms with van der Waals surface area (Å²) >= 11 is 0.708. The zero-order valence-corrected chi connectivity index (χ0v) is 13.4. The highest BCUT2D eigenvalue weighted by molar-refractivity contribution is 7.99. The minimum Gasteiger partial charge on any atom is -0.463 e. The van der Waals surface area contributed by atoms with Crippen LogP contribution >= 0.6 is 12.0 Å². The fourth-order valence-corrected chi connectivity index (χ4v) is 2.11. The Hall–Kier alpha value is -0.730. The van der Waals surface area contributed by atoms with E-state index >= 15 is 0 Å². The van der Waals surface area contributed by atoms with Gasteiger partial charge < -0.3 is 4.74 Å². The predicted octanol–water partition coefficient (Wildman–Crippen LogP) is 4.60. The lowest BCUT2D eigenvalue weighted by Gasteiger charge is -2.04. The Morgan fingerprint density at radius 3 is 2.20 bits per heavy atom. The SMILES string of the molecule is CCCCCCCCCCCC(=O)OCCOSC#N. The molecule has 0 aliphatic rings. The quantitative estimate of drug-likeness (QED) is 0.203. The summed E-state index contributed by atoms with van der Waals surface area (Å²) in [6, 6.07) is 0. The molecule has 0 heterocycles. The molecule has 116 valence electrons. The molecule has 4 nitrogen and oxygen atoms in total. The van der Waals surface area contributed by atoms with Crippen molar-refractivity contribution in [1.82, 2.24) is 0 Å². The van der Waals surface area contributed by atoms with Gasteiger partial charge in [-0.2, -0.15) is 5.26 Å². The summed E-state index contributed by atoms with van der Waals surface area (Å²) in [5.74, 6) is -0.168. The Bertz CT molecular complexity index is 266. The topological polar surface area (TPSA) is 59.3 Å². The Balaban J connectivity index is 3.13. The van der Waals surface area contributed by atoms with Gasteiger partial charge in [-0.05, 0) is 6.42 Å². The van der Waals surface area contributed by atoms with Crippen molar-refractivity contribution in [3.05, 3.63) is 0 Å². The first-order chi connectivity index (χ1) is 9.81. The molecule has 0 atom stereocenters. The molecule has 0 saturated carbocycles. The van der Waals surface area contributed by atoms with Crippen LogP contribution < -0.4 is 0 Å². The van der Waals surface area contributed by atoms with Gasteiger partial charge in [0.2, 0.25) is 0 Å². The molecule has 0 amide bonds. The van der Waals surface area contributed by atoms with Gasteiger partial charge in [0.25, 0.3) is 0 Å². The average molecular weight is 301 g/mol. The van der Waals surface area contributed by atoms with Crippen molar-refractivity contribution in [2.24, 2.45) is 0 Å². The van der Waals surface area contributed by atoms with Gasteiger partial charge in [-0.1, -0.05) is 58.3 Å². The lowest BCUT2D eigenvalue weighted by atomic mass is 10.1. The van der Waals surface area contributed by atoms with Crippen molar-refractivity contribution in [3.63, 3.8) is 0 Å². The summed E-state index contributed by atoms with van der Waals surface area (Å²) in [5.41, 5.74) is 0. The summed E-state index contributed by atoms with van der Waals surface area (Å²) in [5, 5.41) is 9.98. The van der Waals surface area contributed by atoms with Gasteiger partial charge in [0.05, 0.1) is 6.61 Å². The largest absolute Gasteiger partial charge is 0.463 e. The predicted molar refractivity (Wildman–Crippen MR) is 82.0 cm³/mol. The van der Waals surface area contributed by atoms with Crippen LogP contribution in [0.4, 0.5) is 0 Å². The van der Waals surface area contributed by atoms with E-state index in [4.69, 9.17) is 14.2 Å². The monoisotopic (exact) mass is 301 g/mol. The number of carbonyl (C=O) groups is 1. The minimum atomic E-state index is -0.168. The van der Waals surface area contributed by atoms with E-state index < -0.39 is 0 Å². The van der Waals surface area contributed by atoms with Crippen molar-refractivity contribution in [2.45, 2.75) is 71.1 Å². The summed E-state index contributed by atoms with van der Waals surface area (Å²) < 4.78 is 9.78. The van der Waals surface area contributed by atoms with E-state index in [1.807, 2.05) is 0 Å². The van der Waals surface area contributed by atoms with Crippen LogP contribution in [0.1, 0.15) is 71.1 Å². The standard InChI is InChI=1S/C15H27NO3S/c1-2-3-4-5-6-7-8-9-10-11-15(17)18-12-13-19-20-14-16/h2-13H2,1H3. The minimum absolute atomic E-state index is 0.168. The Labute approximate surface area is 127 Å². The van der Waals surface area contributed by atoms with Crippen LogP contribution in [0, 0.1) is 10.7 Å². The van der Waals surface area contributed by atoms with E-state index in [1.54, 1.807) is 5.40 Å². The van der Waals surface area contributed by atoms with E-state index in [0.29, 0.717) is 18.5 Å². The number of unbranched alkanes of at least 4 members (excludes halogenated alkanes) is 8. The van der Waals surface area contributed by atoms with E-state index in [1.165, 1.54) is 44.9 Å². The smallest absolute Gasteiger partial charge is 0.305 e. The number of esters is 1. The molecular formula is C15H27NO3S. The molecular weight excluding hydrogens is 274 g/mol. The summed E-state index contributed by atoms with van der Waals surface area (Å²) in [6.07, 6.45) is 11.6. The summed E-state index contributed by atoms with van der Waals surface area (Å²) in [7, 11) is 0. The molecule has 0 spiro atoms. The van der Waals surface area contributed by atoms with Gasteiger partial charge in [0, 0.05) is 6.42 Å². The third-order valence-electron chi connectivity index (χ3n) is 3.01. The highest BCUT2D eigenvalue weighted by Gasteiger charge is 2.02. The molecule has 0 bridgehead atoms. The zero-order valence-electron chi connectivity index (χ0n) is 12.6. The number of hydrogen-bond donors (Lipinski definition) is 0. The normalized spacial score (nSPS) is 10.2. The first-order valence-corrected chi connectivity index (χ1v) is 8.38. The van der Waals surface area contributed by atoms with E-state index in [0.717, 1.165) is 12.8 Å². The zero-order chi connectivity index (χ0) is 14.9.